The molecule has 0 unspecified atom stereocenters. The molecule has 1 amide bonds. The fraction of sp³-hybridized carbons (Fsp3) is 0.174. The molecular weight excluding hydrogens is 417 g/mol. The minimum atomic E-state index is -4.04. The molecule has 1 N–H and O–H groups in total. The van der Waals surface area contributed by atoms with Crippen LogP contribution in [0.1, 0.15) is 15.9 Å². The molecule has 0 spiro atoms. The number of hydrogen-bond acceptors (Lipinski definition) is 4. The predicted octanol–water partition coefficient (Wildman–Crippen LogP) is 3.65. The van der Waals surface area contributed by atoms with Gasteiger partial charge in [0.05, 0.1) is 10.6 Å². The first-order valence-electron chi connectivity index (χ1n) is 9.58. The second-order valence-corrected chi connectivity index (χ2v) is 9.16. The normalized spacial score (nSPS) is 11.1. The minimum absolute atomic E-state index is 0.0708. The van der Waals surface area contributed by atoms with Crippen LogP contribution in [0.15, 0.2) is 77.7 Å². The summed E-state index contributed by atoms with van der Waals surface area (Å²) >= 11 is 0. The summed E-state index contributed by atoms with van der Waals surface area (Å²) in [6.45, 7) is 0.304. The molecule has 6 nitrogen and oxygen atoms in total. The van der Waals surface area contributed by atoms with E-state index in [9.17, 15) is 17.6 Å². The topological polar surface area (TPSA) is 69.7 Å². The summed E-state index contributed by atoms with van der Waals surface area (Å²) in [6.07, 6.45) is 0. The number of sulfonamides is 1. The van der Waals surface area contributed by atoms with Gasteiger partial charge in [0.25, 0.3) is 15.9 Å². The lowest BCUT2D eigenvalue weighted by atomic mass is 10.1. The van der Waals surface area contributed by atoms with Crippen molar-refractivity contribution in [2.45, 2.75) is 11.4 Å². The molecule has 0 saturated heterocycles. The molecule has 0 radical (unpaired) electrons. The summed E-state index contributed by atoms with van der Waals surface area (Å²) in [5.74, 6) is -1.05. The van der Waals surface area contributed by atoms with Crippen LogP contribution in [-0.2, 0) is 16.6 Å². The number of nitrogens with zero attached hydrogens (tertiary/aromatic N) is 2. The summed E-state index contributed by atoms with van der Waals surface area (Å²) in [4.78, 5) is 14.5. The van der Waals surface area contributed by atoms with Crippen LogP contribution >= 0.6 is 0 Å². The average Bonchev–Trinajstić information content (AvgIpc) is 2.77. The Balaban J connectivity index is 1.76. The first kappa shape index (κ1) is 22.3. The van der Waals surface area contributed by atoms with Crippen LogP contribution < -0.4 is 14.5 Å². The van der Waals surface area contributed by atoms with Gasteiger partial charge in [-0.3, -0.25) is 9.10 Å². The van der Waals surface area contributed by atoms with E-state index in [4.69, 9.17) is 0 Å². The van der Waals surface area contributed by atoms with Gasteiger partial charge in [-0.05, 0) is 48.0 Å². The molecule has 0 aromatic heterocycles. The third-order valence-electron chi connectivity index (χ3n) is 4.85. The first-order chi connectivity index (χ1) is 14.7. The van der Waals surface area contributed by atoms with E-state index in [1.165, 1.54) is 49.5 Å². The fourth-order valence-electron chi connectivity index (χ4n) is 2.99. The second kappa shape index (κ2) is 9.18. The maximum atomic E-state index is 14.1. The summed E-state index contributed by atoms with van der Waals surface area (Å²) < 4.78 is 40.8. The zero-order valence-electron chi connectivity index (χ0n) is 17.5. The van der Waals surface area contributed by atoms with Gasteiger partial charge in [0.2, 0.25) is 0 Å². The molecule has 31 heavy (non-hydrogen) atoms. The summed E-state index contributed by atoms with van der Waals surface area (Å²) in [5.41, 5.74) is 2.10. The van der Waals surface area contributed by atoms with Crippen LogP contribution in [0.2, 0.25) is 0 Å². The summed E-state index contributed by atoms with van der Waals surface area (Å²) in [7, 11) is 1.13. The van der Waals surface area contributed by atoms with Crippen molar-refractivity contribution in [2.75, 3.05) is 30.3 Å². The van der Waals surface area contributed by atoms with Crippen LogP contribution in [-0.4, -0.2) is 35.5 Å². The monoisotopic (exact) mass is 441 g/mol. The zero-order valence-corrected chi connectivity index (χ0v) is 18.4. The molecule has 3 aromatic rings. The van der Waals surface area contributed by atoms with Gasteiger partial charge >= 0.3 is 0 Å². The average molecular weight is 442 g/mol. The Labute approximate surface area is 182 Å². The van der Waals surface area contributed by atoms with Crippen molar-refractivity contribution in [2.24, 2.45) is 0 Å². The van der Waals surface area contributed by atoms with Crippen molar-refractivity contribution >= 4 is 27.3 Å². The van der Waals surface area contributed by atoms with Crippen molar-refractivity contribution in [1.82, 2.24) is 5.32 Å². The van der Waals surface area contributed by atoms with Crippen LogP contribution in [0, 0.1) is 5.82 Å². The Morgan fingerprint density at radius 3 is 2.26 bits per heavy atom. The lowest BCUT2D eigenvalue weighted by Gasteiger charge is -2.20. The molecule has 0 fully saturated rings. The number of para-hydroxylation sites is 1. The van der Waals surface area contributed by atoms with Crippen molar-refractivity contribution in [3.8, 4) is 0 Å². The highest BCUT2D eigenvalue weighted by Gasteiger charge is 2.24. The smallest absolute Gasteiger partial charge is 0.264 e. The lowest BCUT2D eigenvalue weighted by molar-refractivity contribution is 0.0950. The van der Waals surface area contributed by atoms with E-state index in [1.54, 1.807) is 6.07 Å². The number of halogens is 1. The van der Waals surface area contributed by atoms with E-state index < -0.39 is 21.7 Å². The number of hydrogen-bond donors (Lipinski definition) is 1. The molecule has 0 aliphatic carbocycles. The second-order valence-electron chi connectivity index (χ2n) is 7.20. The molecule has 3 aromatic carbocycles. The lowest BCUT2D eigenvalue weighted by Crippen LogP contribution is -2.28. The van der Waals surface area contributed by atoms with E-state index in [2.05, 4.69) is 5.32 Å². The minimum Gasteiger partial charge on any atom is -0.378 e. The molecule has 0 aliphatic heterocycles. The van der Waals surface area contributed by atoms with Gasteiger partial charge in [0.15, 0.2) is 0 Å². The largest absolute Gasteiger partial charge is 0.378 e. The number of benzene rings is 3. The molecule has 3 rings (SSSR count). The summed E-state index contributed by atoms with van der Waals surface area (Å²) in [5, 5.41) is 2.79. The molecule has 0 bridgehead atoms. The van der Waals surface area contributed by atoms with E-state index >= 15 is 0 Å². The van der Waals surface area contributed by atoms with Crippen molar-refractivity contribution < 1.29 is 17.6 Å². The molecule has 0 saturated carbocycles. The molecule has 0 heterocycles. The van der Waals surface area contributed by atoms with Gasteiger partial charge in [-0.2, -0.15) is 0 Å². The highest BCUT2D eigenvalue weighted by Crippen LogP contribution is 2.25. The number of anilines is 2. The van der Waals surface area contributed by atoms with E-state index in [-0.39, 0.29) is 16.1 Å². The van der Waals surface area contributed by atoms with Crippen LogP contribution in [0.4, 0.5) is 15.8 Å². The zero-order chi connectivity index (χ0) is 22.6. The third-order valence-corrected chi connectivity index (χ3v) is 6.62. The van der Waals surface area contributed by atoms with Gasteiger partial charge in [0.1, 0.15) is 5.82 Å². The van der Waals surface area contributed by atoms with Crippen LogP contribution in [0.5, 0.6) is 0 Å². The van der Waals surface area contributed by atoms with Gasteiger partial charge in [-0.15, -0.1) is 0 Å². The van der Waals surface area contributed by atoms with E-state index in [0.29, 0.717) is 6.54 Å². The SMILES string of the molecule is CN(C)c1ccc(CNC(=O)c2cccc(S(=O)(=O)N(C)c3ccccc3F)c2)cc1. The Morgan fingerprint density at radius 2 is 1.61 bits per heavy atom. The number of rotatable bonds is 7. The molecule has 162 valence electrons. The van der Waals surface area contributed by atoms with Gasteiger partial charge in [0, 0.05) is 38.9 Å². The van der Waals surface area contributed by atoms with Crippen molar-refractivity contribution in [1.29, 1.82) is 0 Å². The van der Waals surface area contributed by atoms with Crippen LogP contribution in [0.3, 0.4) is 0 Å². The molecule has 0 aliphatic rings. The highest BCUT2D eigenvalue weighted by atomic mass is 32.2. The summed E-state index contributed by atoms with van der Waals surface area (Å²) in [6, 6.07) is 19.0. The Kier molecular flexibility index (Phi) is 6.60. The van der Waals surface area contributed by atoms with Gasteiger partial charge in [-0.1, -0.05) is 30.3 Å². The van der Waals surface area contributed by atoms with E-state index in [1.807, 2.05) is 43.3 Å². The molecule has 0 atom stereocenters. The standard InChI is InChI=1S/C23H24FN3O3S/c1-26(2)19-13-11-17(12-14-19)16-25-23(28)18-7-6-8-20(15-18)31(29,30)27(3)22-10-5-4-9-21(22)24/h4-15H,16H2,1-3H3,(H,25,28). The third kappa shape index (κ3) is 5.03. The highest BCUT2D eigenvalue weighted by molar-refractivity contribution is 7.92. The first-order valence-corrected chi connectivity index (χ1v) is 11.0. The Morgan fingerprint density at radius 1 is 0.935 bits per heavy atom. The maximum Gasteiger partial charge on any atom is 0.264 e. The predicted molar refractivity (Wildman–Crippen MR) is 120 cm³/mol. The number of nitrogens with one attached hydrogen (secondary N) is 1. The van der Waals surface area contributed by atoms with E-state index in [0.717, 1.165) is 15.6 Å². The Bertz CT molecular complexity index is 1180. The quantitative estimate of drug-likeness (QED) is 0.608. The van der Waals surface area contributed by atoms with Crippen molar-refractivity contribution in [3.63, 3.8) is 0 Å². The van der Waals surface area contributed by atoms with Crippen molar-refractivity contribution in [3.05, 3.63) is 89.7 Å². The Hall–Kier alpha value is -3.39. The number of amides is 1. The number of carbonyl (C=O) groups is 1. The van der Waals surface area contributed by atoms with Crippen LogP contribution in [0.25, 0.3) is 0 Å². The fourth-order valence-corrected chi connectivity index (χ4v) is 4.24. The number of carbonyl (C=O) groups excluding carboxylic acids is 1. The molecular formula is C23H24FN3O3S. The van der Waals surface area contributed by atoms with Gasteiger partial charge in [-0.25, -0.2) is 12.8 Å². The van der Waals surface area contributed by atoms with Gasteiger partial charge < -0.3 is 10.2 Å². The molecule has 8 heteroatoms. The maximum absolute atomic E-state index is 14.1.